The summed E-state index contributed by atoms with van der Waals surface area (Å²) in [6.07, 6.45) is 1.62. The molecule has 1 atom stereocenters. The van der Waals surface area contributed by atoms with Crippen LogP contribution < -0.4 is 0 Å². The van der Waals surface area contributed by atoms with E-state index in [1.807, 2.05) is 19.9 Å². The van der Waals surface area contributed by atoms with E-state index in [4.69, 9.17) is 11.0 Å². The van der Waals surface area contributed by atoms with Crippen LogP contribution in [0.5, 0.6) is 0 Å². The van der Waals surface area contributed by atoms with Gasteiger partial charge in [0.1, 0.15) is 5.76 Å². The number of rotatable bonds is 1. The molecule has 1 aromatic heterocycles. The fourth-order valence-corrected chi connectivity index (χ4v) is 0.898. The molecule has 0 aliphatic rings. The molecule has 0 aliphatic carbocycles. The van der Waals surface area contributed by atoms with Gasteiger partial charge in [0.15, 0.2) is 0 Å². The Morgan fingerprint density at radius 3 is 2.80 bits per heavy atom. The molecular weight excluding hydrogens is 126 g/mol. The first-order chi connectivity index (χ1) is 4.75. The van der Waals surface area contributed by atoms with E-state index in [1.54, 1.807) is 6.26 Å². The van der Waals surface area contributed by atoms with Gasteiger partial charge in [0, 0.05) is 6.92 Å². The third-order valence-electron chi connectivity index (χ3n) is 1.54. The molecule has 0 saturated carbocycles. The molecule has 0 saturated heterocycles. The van der Waals surface area contributed by atoms with Crippen molar-refractivity contribution in [1.82, 2.24) is 0 Å². The van der Waals surface area contributed by atoms with Crippen molar-refractivity contribution >= 4 is 0 Å². The highest BCUT2D eigenvalue weighted by molar-refractivity contribution is 5.21. The van der Waals surface area contributed by atoms with Crippen molar-refractivity contribution in [3.05, 3.63) is 35.1 Å². The lowest BCUT2D eigenvalue weighted by Crippen LogP contribution is -1.84. The summed E-state index contributed by atoms with van der Waals surface area (Å²) in [5.41, 5.74) is 0.995. The third-order valence-corrected chi connectivity index (χ3v) is 1.54. The second-order valence-corrected chi connectivity index (χ2v) is 2.24. The molecule has 0 N–H and O–H groups in total. The summed E-state index contributed by atoms with van der Waals surface area (Å²) in [5, 5.41) is 0. The van der Waals surface area contributed by atoms with Gasteiger partial charge in [-0.3, -0.25) is 0 Å². The van der Waals surface area contributed by atoms with Crippen LogP contribution in [-0.2, 0) is 0 Å². The number of hydrogen-bond donors (Lipinski definition) is 0. The predicted octanol–water partition coefficient (Wildman–Crippen LogP) is 2.57. The fraction of sp³-hybridized carbons (Fsp3) is 0.375. The van der Waals surface area contributed by atoms with Crippen molar-refractivity contribution in [3.8, 4) is 0 Å². The van der Waals surface area contributed by atoms with Crippen LogP contribution in [0.15, 0.2) is 16.7 Å². The summed E-state index contributed by atoms with van der Waals surface area (Å²) in [4.78, 5) is 3.38. The van der Waals surface area contributed by atoms with Crippen molar-refractivity contribution in [3.63, 3.8) is 0 Å². The topological polar surface area (TPSA) is 17.5 Å². The third kappa shape index (κ3) is 1.03. The Morgan fingerprint density at radius 2 is 2.40 bits per heavy atom. The van der Waals surface area contributed by atoms with Gasteiger partial charge in [-0.1, -0.05) is 0 Å². The monoisotopic (exact) mass is 135 g/mol. The SMILES string of the molecule is [C-]#[N+]C(C)c1ccoc1C. The molecule has 1 rings (SSSR count). The van der Waals surface area contributed by atoms with Crippen LogP contribution in [-0.4, -0.2) is 0 Å². The molecule has 1 unspecified atom stereocenters. The summed E-state index contributed by atoms with van der Waals surface area (Å²) in [6, 6.07) is 1.77. The van der Waals surface area contributed by atoms with E-state index in [1.165, 1.54) is 0 Å². The molecule has 0 aliphatic heterocycles. The van der Waals surface area contributed by atoms with Crippen LogP contribution in [0, 0.1) is 13.5 Å². The van der Waals surface area contributed by atoms with Gasteiger partial charge in [-0.15, -0.1) is 0 Å². The second kappa shape index (κ2) is 2.57. The van der Waals surface area contributed by atoms with Gasteiger partial charge in [0.2, 0.25) is 6.04 Å². The van der Waals surface area contributed by atoms with Crippen LogP contribution in [0.3, 0.4) is 0 Å². The molecule has 1 aromatic rings. The molecule has 0 radical (unpaired) electrons. The van der Waals surface area contributed by atoms with Crippen LogP contribution in [0.4, 0.5) is 0 Å². The number of nitrogens with zero attached hydrogens (tertiary/aromatic N) is 1. The summed E-state index contributed by atoms with van der Waals surface area (Å²) in [5.74, 6) is 0.850. The highest BCUT2D eigenvalue weighted by atomic mass is 16.3. The van der Waals surface area contributed by atoms with Gasteiger partial charge in [0.05, 0.1) is 11.8 Å². The Morgan fingerprint density at radius 1 is 1.70 bits per heavy atom. The van der Waals surface area contributed by atoms with Crippen molar-refractivity contribution in [1.29, 1.82) is 0 Å². The first kappa shape index (κ1) is 6.88. The average Bonchev–Trinajstić information content (AvgIpc) is 2.34. The van der Waals surface area contributed by atoms with E-state index in [0.29, 0.717) is 0 Å². The molecule has 2 nitrogen and oxygen atoms in total. The Labute approximate surface area is 60.3 Å². The predicted molar refractivity (Wildman–Crippen MR) is 38.5 cm³/mol. The van der Waals surface area contributed by atoms with Gasteiger partial charge >= 0.3 is 0 Å². The fourth-order valence-electron chi connectivity index (χ4n) is 0.898. The van der Waals surface area contributed by atoms with Crippen molar-refractivity contribution in [2.45, 2.75) is 19.9 Å². The van der Waals surface area contributed by atoms with Gasteiger partial charge in [-0.25, -0.2) is 6.57 Å². The maximum atomic E-state index is 6.76. The van der Waals surface area contributed by atoms with Crippen molar-refractivity contribution < 1.29 is 4.42 Å². The maximum absolute atomic E-state index is 6.76. The zero-order valence-corrected chi connectivity index (χ0v) is 6.09. The molecule has 0 amide bonds. The summed E-state index contributed by atoms with van der Waals surface area (Å²) in [6.45, 7) is 10.5. The maximum Gasteiger partial charge on any atom is 0.249 e. The number of aryl methyl sites for hydroxylation is 1. The highest BCUT2D eigenvalue weighted by Gasteiger charge is 2.12. The molecule has 52 valence electrons. The van der Waals surface area contributed by atoms with Gasteiger partial charge in [-0.2, -0.15) is 0 Å². The summed E-state index contributed by atoms with van der Waals surface area (Å²) in [7, 11) is 0. The molecule has 0 spiro atoms. The first-order valence-corrected chi connectivity index (χ1v) is 3.16. The molecule has 10 heavy (non-hydrogen) atoms. The number of hydrogen-bond acceptors (Lipinski definition) is 1. The van der Waals surface area contributed by atoms with Crippen LogP contribution in [0.2, 0.25) is 0 Å². The quantitative estimate of drug-likeness (QED) is 0.541. The molecule has 0 fully saturated rings. The van der Waals surface area contributed by atoms with E-state index >= 15 is 0 Å². The lowest BCUT2D eigenvalue weighted by Gasteiger charge is -1.93. The molecule has 0 bridgehead atoms. The lowest BCUT2D eigenvalue weighted by molar-refractivity contribution is 0.528. The van der Waals surface area contributed by atoms with Crippen LogP contribution in [0.1, 0.15) is 24.3 Å². The molecule has 1 heterocycles. The van der Waals surface area contributed by atoms with Gasteiger partial charge in [0.25, 0.3) is 0 Å². The van der Waals surface area contributed by atoms with E-state index in [-0.39, 0.29) is 6.04 Å². The van der Waals surface area contributed by atoms with E-state index in [2.05, 4.69) is 4.85 Å². The highest BCUT2D eigenvalue weighted by Crippen LogP contribution is 2.20. The standard InChI is InChI=1S/C8H9NO/c1-6(9-3)8-4-5-10-7(8)2/h4-6H,1-2H3. The Bertz CT molecular complexity index is 256. The zero-order valence-electron chi connectivity index (χ0n) is 6.09. The van der Waals surface area contributed by atoms with E-state index in [9.17, 15) is 0 Å². The van der Waals surface area contributed by atoms with Gasteiger partial charge in [-0.05, 0) is 13.0 Å². The smallest absolute Gasteiger partial charge is 0.249 e. The minimum atomic E-state index is -0.0706. The molecular formula is C8H9NO. The summed E-state index contributed by atoms with van der Waals surface area (Å²) >= 11 is 0. The molecule has 2 heteroatoms. The zero-order chi connectivity index (χ0) is 7.56. The Hall–Kier alpha value is -1.23. The normalized spacial score (nSPS) is 12.5. The second-order valence-electron chi connectivity index (χ2n) is 2.24. The Kier molecular flexibility index (Phi) is 1.77. The van der Waals surface area contributed by atoms with Crippen molar-refractivity contribution in [2.24, 2.45) is 0 Å². The van der Waals surface area contributed by atoms with Gasteiger partial charge < -0.3 is 9.26 Å². The minimum absolute atomic E-state index is 0.0706. The van der Waals surface area contributed by atoms with Crippen LogP contribution in [0.25, 0.3) is 4.85 Å². The van der Waals surface area contributed by atoms with E-state index < -0.39 is 0 Å². The largest absolute Gasteiger partial charge is 0.469 e. The molecule has 0 aromatic carbocycles. The van der Waals surface area contributed by atoms with Crippen molar-refractivity contribution in [2.75, 3.05) is 0 Å². The minimum Gasteiger partial charge on any atom is -0.469 e. The Balaban J connectivity index is 2.96. The number of furan rings is 1. The first-order valence-electron chi connectivity index (χ1n) is 3.16. The lowest BCUT2D eigenvalue weighted by atomic mass is 10.1. The van der Waals surface area contributed by atoms with E-state index in [0.717, 1.165) is 11.3 Å². The van der Waals surface area contributed by atoms with Crippen LogP contribution >= 0.6 is 0 Å². The average molecular weight is 135 g/mol. The summed E-state index contributed by atoms with van der Waals surface area (Å²) < 4.78 is 5.04.